The van der Waals surface area contributed by atoms with Crippen molar-refractivity contribution in [2.45, 2.75) is 44.2 Å². The lowest BCUT2D eigenvalue weighted by atomic mass is 10.1. The molecule has 0 radical (unpaired) electrons. The lowest BCUT2D eigenvalue weighted by Gasteiger charge is -2.22. The molecule has 1 aromatic heterocycles. The number of nitriles is 1. The van der Waals surface area contributed by atoms with E-state index < -0.39 is 4.92 Å². The van der Waals surface area contributed by atoms with Crippen molar-refractivity contribution in [1.82, 2.24) is 4.98 Å². The largest absolute Gasteiger partial charge is 0.473 e. The number of hydrogen-bond acceptors (Lipinski definition) is 6. The second kappa shape index (κ2) is 6.30. The van der Waals surface area contributed by atoms with Crippen LogP contribution in [0.1, 0.15) is 37.8 Å². The topological polar surface area (TPSA) is 115 Å². The Labute approximate surface area is 116 Å². The molecule has 2 atom stereocenters. The Kier molecular flexibility index (Phi) is 4.48. The molecule has 106 valence electrons. The van der Waals surface area contributed by atoms with Crippen LogP contribution in [0.2, 0.25) is 0 Å². The number of pyridine rings is 1. The molecule has 2 unspecified atom stereocenters. The van der Waals surface area contributed by atoms with Crippen molar-refractivity contribution in [3.8, 4) is 11.9 Å². The molecule has 0 amide bonds. The minimum absolute atomic E-state index is 0.0694. The van der Waals surface area contributed by atoms with Gasteiger partial charge in [-0.1, -0.05) is 12.8 Å². The molecule has 7 nitrogen and oxygen atoms in total. The van der Waals surface area contributed by atoms with Gasteiger partial charge in [-0.2, -0.15) is 10.2 Å². The molecule has 0 saturated heterocycles. The highest BCUT2D eigenvalue weighted by Crippen LogP contribution is 2.24. The molecule has 1 saturated carbocycles. The van der Waals surface area contributed by atoms with Crippen LogP contribution in [-0.4, -0.2) is 22.1 Å². The number of nitro groups is 1. The first kappa shape index (κ1) is 14.2. The zero-order valence-electron chi connectivity index (χ0n) is 11.0. The fraction of sp³-hybridized carbons (Fsp3) is 0.538. The van der Waals surface area contributed by atoms with E-state index in [2.05, 4.69) is 4.98 Å². The molecule has 1 aliphatic rings. The Morgan fingerprint density at radius 1 is 1.40 bits per heavy atom. The van der Waals surface area contributed by atoms with E-state index in [4.69, 9.17) is 15.7 Å². The highest BCUT2D eigenvalue weighted by atomic mass is 16.6. The summed E-state index contributed by atoms with van der Waals surface area (Å²) < 4.78 is 5.71. The average molecular weight is 276 g/mol. The summed E-state index contributed by atoms with van der Waals surface area (Å²) in [6, 6.07) is 4.30. The Morgan fingerprint density at radius 2 is 2.15 bits per heavy atom. The third-order valence-electron chi connectivity index (χ3n) is 3.43. The van der Waals surface area contributed by atoms with Crippen molar-refractivity contribution in [2.24, 2.45) is 5.73 Å². The van der Waals surface area contributed by atoms with Crippen molar-refractivity contribution < 1.29 is 9.66 Å². The minimum Gasteiger partial charge on any atom is -0.473 e. The van der Waals surface area contributed by atoms with Crippen LogP contribution >= 0.6 is 0 Å². The highest BCUT2D eigenvalue weighted by Gasteiger charge is 2.23. The van der Waals surface area contributed by atoms with Gasteiger partial charge in [0.1, 0.15) is 12.2 Å². The van der Waals surface area contributed by atoms with Crippen LogP contribution in [0.4, 0.5) is 5.69 Å². The zero-order chi connectivity index (χ0) is 14.5. The maximum absolute atomic E-state index is 10.7. The second-order valence-electron chi connectivity index (χ2n) is 4.84. The molecule has 1 aliphatic carbocycles. The standard InChI is InChI=1S/C13H16N4O3/c14-8-10-11(17(18)19)6-7-13(16-10)20-12-5-3-1-2-4-9(12)15/h6-7,9,12H,1-5,15H2. The van der Waals surface area contributed by atoms with Gasteiger partial charge >= 0.3 is 5.69 Å². The molecule has 0 aliphatic heterocycles. The van der Waals surface area contributed by atoms with Gasteiger partial charge in [0, 0.05) is 18.2 Å². The molecule has 2 rings (SSSR count). The van der Waals surface area contributed by atoms with Crippen molar-refractivity contribution in [1.29, 1.82) is 5.26 Å². The Bertz CT molecular complexity index is 541. The van der Waals surface area contributed by atoms with Gasteiger partial charge in [0.05, 0.1) is 4.92 Å². The molecular weight excluding hydrogens is 260 g/mol. The molecule has 7 heteroatoms. The van der Waals surface area contributed by atoms with Gasteiger partial charge < -0.3 is 10.5 Å². The van der Waals surface area contributed by atoms with Crippen molar-refractivity contribution in [3.63, 3.8) is 0 Å². The summed E-state index contributed by atoms with van der Waals surface area (Å²) in [5, 5.41) is 19.6. The van der Waals surface area contributed by atoms with Crippen LogP contribution in [0.25, 0.3) is 0 Å². The van der Waals surface area contributed by atoms with Crippen LogP contribution in [0, 0.1) is 21.4 Å². The van der Waals surface area contributed by atoms with Crippen molar-refractivity contribution in [2.75, 3.05) is 0 Å². The Morgan fingerprint density at radius 3 is 2.85 bits per heavy atom. The number of aromatic nitrogens is 1. The molecule has 1 heterocycles. The van der Waals surface area contributed by atoms with Crippen LogP contribution in [-0.2, 0) is 0 Å². The zero-order valence-corrected chi connectivity index (χ0v) is 11.0. The van der Waals surface area contributed by atoms with Gasteiger partial charge in [-0.15, -0.1) is 0 Å². The smallest absolute Gasteiger partial charge is 0.305 e. The number of ether oxygens (including phenoxy) is 1. The number of rotatable bonds is 3. The van der Waals surface area contributed by atoms with E-state index in [-0.39, 0.29) is 29.4 Å². The summed E-state index contributed by atoms with van der Waals surface area (Å²) in [6.07, 6.45) is 4.82. The van der Waals surface area contributed by atoms with Crippen LogP contribution in [0.3, 0.4) is 0 Å². The first-order chi connectivity index (χ1) is 9.61. The fourth-order valence-electron chi connectivity index (χ4n) is 2.33. The van der Waals surface area contributed by atoms with Gasteiger partial charge in [-0.25, -0.2) is 0 Å². The second-order valence-corrected chi connectivity index (χ2v) is 4.84. The van der Waals surface area contributed by atoms with Gasteiger partial charge in [-0.05, 0) is 19.3 Å². The summed E-state index contributed by atoms with van der Waals surface area (Å²) in [6.45, 7) is 0. The molecular formula is C13H16N4O3. The summed E-state index contributed by atoms with van der Waals surface area (Å²) in [7, 11) is 0. The molecule has 0 bridgehead atoms. The summed E-state index contributed by atoms with van der Waals surface area (Å²) in [5.41, 5.74) is 5.49. The molecule has 0 aromatic carbocycles. The van der Waals surface area contributed by atoms with Crippen molar-refractivity contribution >= 4 is 5.69 Å². The SMILES string of the molecule is N#Cc1nc(OC2CCCCCC2N)ccc1[N+](=O)[O-]. The van der Waals surface area contributed by atoms with E-state index in [9.17, 15) is 10.1 Å². The number of nitrogens with two attached hydrogens (primary N) is 1. The summed E-state index contributed by atoms with van der Waals surface area (Å²) in [4.78, 5) is 14.0. The van der Waals surface area contributed by atoms with E-state index in [1.165, 1.54) is 12.1 Å². The van der Waals surface area contributed by atoms with E-state index >= 15 is 0 Å². The summed E-state index contributed by atoms with van der Waals surface area (Å²) in [5.74, 6) is 0.217. The van der Waals surface area contributed by atoms with Gasteiger partial charge in [0.25, 0.3) is 0 Å². The lowest BCUT2D eigenvalue weighted by Crippen LogP contribution is -2.38. The molecule has 20 heavy (non-hydrogen) atoms. The van der Waals surface area contributed by atoms with E-state index in [0.29, 0.717) is 0 Å². The van der Waals surface area contributed by atoms with Gasteiger partial charge in [0.2, 0.25) is 11.6 Å². The molecule has 2 N–H and O–H groups in total. The van der Waals surface area contributed by atoms with Crippen LogP contribution in [0.15, 0.2) is 12.1 Å². The third kappa shape index (κ3) is 3.22. The lowest BCUT2D eigenvalue weighted by molar-refractivity contribution is -0.385. The molecule has 0 spiro atoms. The number of hydrogen-bond donors (Lipinski definition) is 1. The van der Waals surface area contributed by atoms with E-state index in [1.54, 1.807) is 6.07 Å². The predicted molar refractivity (Wildman–Crippen MR) is 71.1 cm³/mol. The first-order valence-corrected chi connectivity index (χ1v) is 6.59. The maximum Gasteiger partial charge on any atom is 0.305 e. The summed E-state index contributed by atoms with van der Waals surface area (Å²) >= 11 is 0. The van der Waals surface area contributed by atoms with Gasteiger partial charge in [0.15, 0.2) is 0 Å². The minimum atomic E-state index is -0.632. The fourth-order valence-corrected chi connectivity index (χ4v) is 2.33. The van der Waals surface area contributed by atoms with E-state index in [1.807, 2.05) is 0 Å². The predicted octanol–water partition coefficient (Wildman–Crippen LogP) is 1.90. The monoisotopic (exact) mass is 276 g/mol. The molecule has 1 fully saturated rings. The first-order valence-electron chi connectivity index (χ1n) is 6.59. The Hall–Kier alpha value is -2.20. The van der Waals surface area contributed by atoms with Gasteiger partial charge in [-0.3, -0.25) is 10.1 Å². The average Bonchev–Trinajstić information content (AvgIpc) is 2.64. The maximum atomic E-state index is 10.7. The Balaban J connectivity index is 2.17. The van der Waals surface area contributed by atoms with Crippen LogP contribution < -0.4 is 10.5 Å². The highest BCUT2D eigenvalue weighted by molar-refractivity contribution is 5.45. The normalized spacial score (nSPS) is 22.6. The third-order valence-corrected chi connectivity index (χ3v) is 3.43. The van der Waals surface area contributed by atoms with Crippen LogP contribution in [0.5, 0.6) is 5.88 Å². The van der Waals surface area contributed by atoms with Crippen molar-refractivity contribution in [3.05, 3.63) is 27.9 Å². The quantitative estimate of drug-likeness (QED) is 0.512. The molecule has 1 aromatic rings. The van der Waals surface area contributed by atoms with E-state index in [0.717, 1.165) is 32.1 Å². The number of nitrogens with zero attached hydrogens (tertiary/aromatic N) is 3.